The minimum Gasteiger partial charge on any atom is -0.465 e. The van der Waals surface area contributed by atoms with Crippen LogP contribution in [0.25, 0.3) is 11.3 Å². The van der Waals surface area contributed by atoms with Gasteiger partial charge in [-0.2, -0.15) is 0 Å². The highest BCUT2D eigenvalue weighted by molar-refractivity contribution is 5.96. The molecule has 1 aromatic heterocycles. The number of benzene rings is 2. The number of methoxy groups -OCH3 is 1. The smallest absolute Gasteiger partial charge is 0.337 e. The third-order valence-electron chi connectivity index (χ3n) is 3.62. The van der Waals surface area contributed by atoms with Gasteiger partial charge < -0.3 is 14.6 Å². The Labute approximate surface area is 144 Å². The Morgan fingerprint density at radius 2 is 1.72 bits per heavy atom. The Kier molecular flexibility index (Phi) is 4.89. The third kappa shape index (κ3) is 3.92. The lowest BCUT2D eigenvalue weighted by Gasteiger charge is -2.04. The lowest BCUT2D eigenvalue weighted by atomic mass is 10.1. The molecule has 0 aliphatic rings. The molecule has 3 rings (SSSR count). The first-order valence-corrected chi connectivity index (χ1v) is 7.65. The van der Waals surface area contributed by atoms with Crippen LogP contribution in [-0.2, 0) is 11.3 Å². The van der Waals surface area contributed by atoms with Crippen LogP contribution in [0, 0.1) is 0 Å². The normalized spacial score (nSPS) is 10.3. The molecule has 6 heteroatoms. The average Bonchev–Trinajstić information content (AvgIpc) is 3.15. The van der Waals surface area contributed by atoms with Crippen molar-refractivity contribution in [2.24, 2.45) is 0 Å². The topological polar surface area (TPSA) is 81.4 Å². The molecule has 1 amide bonds. The number of ether oxygens (including phenoxy) is 1. The maximum Gasteiger partial charge on any atom is 0.337 e. The minimum absolute atomic E-state index is 0.244. The molecule has 0 aliphatic heterocycles. The van der Waals surface area contributed by atoms with Gasteiger partial charge in [0.1, 0.15) is 5.69 Å². The molecular formula is C19H16N2O4. The fraction of sp³-hybridized carbons (Fsp3) is 0.105. The predicted molar refractivity (Wildman–Crippen MR) is 90.9 cm³/mol. The van der Waals surface area contributed by atoms with E-state index >= 15 is 0 Å². The summed E-state index contributed by atoms with van der Waals surface area (Å²) in [6.07, 6.45) is 0. The molecule has 0 radical (unpaired) electrons. The first-order valence-electron chi connectivity index (χ1n) is 7.65. The molecule has 25 heavy (non-hydrogen) atoms. The summed E-state index contributed by atoms with van der Waals surface area (Å²) in [5.41, 5.74) is 2.38. The van der Waals surface area contributed by atoms with Crippen molar-refractivity contribution in [1.29, 1.82) is 0 Å². The zero-order chi connectivity index (χ0) is 17.6. The van der Waals surface area contributed by atoms with Crippen molar-refractivity contribution in [3.8, 4) is 11.3 Å². The van der Waals surface area contributed by atoms with E-state index in [-0.39, 0.29) is 12.5 Å². The Morgan fingerprint density at radius 3 is 2.40 bits per heavy atom. The highest BCUT2D eigenvalue weighted by atomic mass is 16.5. The maximum absolute atomic E-state index is 12.2. The van der Waals surface area contributed by atoms with Gasteiger partial charge in [0.05, 0.1) is 19.2 Å². The number of esters is 1. The van der Waals surface area contributed by atoms with Crippen molar-refractivity contribution in [2.75, 3.05) is 7.11 Å². The van der Waals surface area contributed by atoms with Crippen LogP contribution in [0.2, 0.25) is 0 Å². The first-order chi connectivity index (χ1) is 12.2. The highest BCUT2D eigenvalue weighted by Gasteiger charge is 2.11. The number of amides is 1. The van der Waals surface area contributed by atoms with Crippen LogP contribution < -0.4 is 5.32 Å². The summed E-state index contributed by atoms with van der Waals surface area (Å²) in [6, 6.07) is 17.6. The molecule has 0 saturated carbocycles. The number of aromatic nitrogens is 1. The summed E-state index contributed by atoms with van der Waals surface area (Å²) in [5.74, 6) is -0.0593. The first kappa shape index (κ1) is 16.4. The van der Waals surface area contributed by atoms with Gasteiger partial charge in [0.25, 0.3) is 5.91 Å². The minimum atomic E-state index is -0.442. The van der Waals surface area contributed by atoms with Crippen molar-refractivity contribution in [1.82, 2.24) is 10.5 Å². The average molecular weight is 336 g/mol. The predicted octanol–water partition coefficient (Wildman–Crippen LogP) is 3.06. The molecule has 126 valence electrons. The molecule has 1 N–H and O–H groups in total. The molecule has 6 nitrogen and oxygen atoms in total. The van der Waals surface area contributed by atoms with Gasteiger partial charge in [-0.05, 0) is 24.3 Å². The third-order valence-corrected chi connectivity index (χ3v) is 3.62. The van der Waals surface area contributed by atoms with Crippen LogP contribution in [0.4, 0.5) is 0 Å². The zero-order valence-electron chi connectivity index (χ0n) is 13.6. The molecule has 0 spiro atoms. The van der Waals surface area contributed by atoms with Crippen molar-refractivity contribution in [2.45, 2.75) is 6.54 Å². The van der Waals surface area contributed by atoms with Gasteiger partial charge in [-0.25, -0.2) is 4.79 Å². The lowest BCUT2D eigenvalue weighted by Crippen LogP contribution is -2.23. The second-order valence-corrected chi connectivity index (χ2v) is 5.30. The summed E-state index contributed by atoms with van der Waals surface area (Å²) in [7, 11) is 1.31. The molecule has 3 aromatic rings. The number of carbonyl (C=O) groups excluding carboxylic acids is 2. The van der Waals surface area contributed by atoms with E-state index in [1.54, 1.807) is 30.3 Å². The van der Waals surface area contributed by atoms with Crippen molar-refractivity contribution >= 4 is 11.9 Å². The SMILES string of the molecule is COC(=O)c1ccc(C(=O)NCc2cc(-c3ccccc3)on2)cc1. The van der Waals surface area contributed by atoms with E-state index in [0.29, 0.717) is 22.6 Å². The fourth-order valence-electron chi connectivity index (χ4n) is 2.28. The molecule has 0 atom stereocenters. The molecule has 0 saturated heterocycles. The molecule has 1 heterocycles. The Bertz CT molecular complexity index is 870. The fourth-order valence-corrected chi connectivity index (χ4v) is 2.28. The van der Waals surface area contributed by atoms with Gasteiger partial charge in [-0.1, -0.05) is 35.5 Å². The number of rotatable bonds is 5. The zero-order valence-corrected chi connectivity index (χ0v) is 13.6. The van der Waals surface area contributed by atoms with Gasteiger partial charge in [0, 0.05) is 17.2 Å². The van der Waals surface area contributed by atoms with E-state index in [0.717, 1.165) is 5.56 Å². The van der Waals surface area contributed by atoms with E-state index in [9.17, 15) is 9.59 Å². The quantitative estimate of drug-likeness (QED) is 0.724. The van der Waals surface area contributed by atoms with Crippen LogP contribution in [0.5, 0.6) is 0 Å². The van der Waals surface area contributed by atoms with Crippen LogP contribution in [-0.4, -0.2) is 24.1 Å². The monoisotopic (exact) mass is 336 g/mol. The second kappa shape index (κ2) is 7.44. The number of nitrogens with zero attached hydrogens (tertiary/aromatic N) is 1. The summed E-state index contributed by atoms with van der Waals surface area (Å²) in [6.45, 7) is 0.244. The van der Waals surface area contributed by atoms with Crippen molar-refractivity contribution < 1.29 is 18.8 Å². The van der Waals surface area contributed by atoms with Crippen molar-refractivity contribution in [3.63, 3.8) is 0 Å². The van der Waals surface area contributed by atoms with Crippen LogP contribution >= 0.6 is 0 Å². The summed E-state index contributed by atoms with van der Waals surface area (Å²) in [4.78, 5) is 23.5. The Hall–Kier alpha value is -3.41. The Morgan fingerprint density at radius 1 is 1.04 bits per heavy atom. The number of carbonyl (C=O) groups is 2. The molecule has 2 aromatic carbocycles. The van der Waals surface area contributed by atoms with Gasteiger partial charge in [0.15, 0.2) is 5.76 Å². The molecule has 0 fully saturated rings. The van der Waals surface area contributed by atoms with Gasteiger partial charge >= 0.3 is 5.97 Å². The van der Waals surface area contributed by atoms with Gasteiger partial charge in [-0.3, -0.25) is 4.79 Å². The van der Waals surface area contributed by atoms with Crippen LogP contribution in [0.3, 0.4) is 0 Å². The highest BCUT2D eigenvalue weighted by Crippen LogP contribution is 2.19. The molecule has 0 unspecified atom stereocenters. The van der Waals surface area contributed by atoms with E-state index in [1.165, 1.54) is 7.11 Å². The van der Waals surface area contributed by atoms with E-state index in [1.807, 2.05) is 30.3 Å². The lowest BCUT2D eigenvalue weighted by molar-refractivity contribution is 0.0600. The number of hydrogen-bond acceptors (Lipinski definition) is 5. The van der Waals surface area contributed by atoms with Crippen molar-refractivity contribution in [3.05, 3.63) is 77.5 Å². The number of hydrogen-bond donors (Lipinski definition) is 1. The summed E-state index contributed by atoms with van der Waals surface area (Å²) < 4.78 is 9.91. The summed E-state index contributed by atoms with van der Waals surface area (Å²) >= 11 is 0. The van der Waals surface area contributed by atoms with E-state index in [2.05, 4.69) is 15.2 Å². The number of nitrogens with one attached hydrogen (secondary N) is 1. The standard InChI is InChI=1S/C19H16N2O4/c1-24-19(23)15-9-7-14(8-10-15)18(22)20-12-16-11-17(25-21-16)13-5-3-2-4-6-13/h2-11H,12H2,1H3,(H,20,22). The largest absolute Gasteiger partial charge is 0.465 e. The van der Waals surface area contributed by atoms with Crippen LogP contribution in [0.15, 0.2) is 65.2 Å². The second-order valence-electron chi connectivity index (χ2n) is 5.30. The summed E-state index contributed by atoms with van der Waals surface area (Å²) in [5, 5.41) is 6.72. The van der Waals surface area contributed by atoms with E-state index < -0.39 is 5.97 Å². The maximum atomic E-state index is 12.2. The van der Waals surface area contributed by atoms with Gasteiger partial charge in [-0.15, -0.1) is 0 Å². The van der Waals surface area contributed by atoms with Crippen LogP contribution in [0.1, 0.15) is 26.4 Å². The van der Waals surface area contributed by atoms with Gasteiger partial charge in [0.2, 0.25) is 0 Å². The molecule has 0 aliphatic carbocycles. The molecule has 0 bridgehead atoms. The Balaban J connectivity index is 1.61. The van der Waals surface area contributed by atoms with E-state index in [4.69, 9.17) is 4.52 Å². The molecular weight excluding hydrogens is 320 g/mol.